The van der Waals surface area contributed by atoms with Gasteiger partial charge in [0.25, 0.3) is 5.91 Å². The maximum Gasteiger partial charge on any atom is 0.257 e. The van der Waals surface area contributed by atoms with Crippen molar-refractivity contribution in [1.29, 1.82) is 0 Å². The van der Waals surface area contributed by atoms with E-state index in [-0.39, 0.29) is 5.91 Å². The topological polar surface area (TPSA) is 38.1 Å². The number of rotatable bonds is 4. The molecule has 1 atom stereocenters. The Hall–Kier alpha value is -2.10. The van der Waals surface area contributed by atoms with Gasteiger partial charge in [-0.15, -0.1) is 0 Å². The molecule has 1 aromatic heterocycles. The van der Waals surface area contributed by atoms with Gasteiger partial charge in [-0.3, -0.25) is 9.48 Å². The van der Waals surface area contributed by atoms with Crippen LogP contribution in [0.15, 0.2) is 36.5 Å². The van der Waals surface area contributed by atoms with Crippen molar-refractivity contribution in [2.75, 3.05) is 6.54 Å². The summed E-state index contributed by atoms with van der Waals surface area (Å²) in [6.45, 7) is 2.82. The molecule has 0 unspecified atom stereocenters. The second-order valence-corrected chi connectivity index (χ2v) is 6.09. The van der Waals surface area contributed by atoms with Crippen molar-refractivity contribution in [3.63, 3.8) is 0 Å². The fourth-order valence-electron chi connectivity index (χ4n) is 3.24. The van der Waals surface area contributed by atoms with Crippen LogP contribution in [0.3, 0.4) is 0 Å². The summed E-state index contributed by atoms with van der Waals surface area (Å²) < 4.78 is 1.77. The SMILES string of the molecule is Cc1c(C(=O)N2CCC[C@@H]2CCc2ccccc2)cnn1C. The highest BCUT2D eigenvalue weighted by Crippen LogP contribution is 2.24. The predicted molar refractivity (Wildman–Crippen MR) is 86.8 cm³/mol. The van der Waals surface area contributed by atoms with Crippen LogP contribution in [0.4, 0.5) is 0 Å². The molecule has 1 aromatic carbocycles. The molecule has 1 aliphatic heterocycles. The third-order valence-corrected chi connectivity index (χ3v) is 4.71. The van der Waals surface area contributed by atoms with Gasteiger partial charge < -0.3 is 4.90 Å². The molecule has 0 spiro atoms. The number of carbonyl (C=O) groups excluding carboxylic acids is 1. The van der Waals surface area contributed by atoms with Crippen molar-refractivity contribution in [1.82, 2.24) is 14.7 Å². The quantitative estimate of drug-likeness (QED) is 0.870. The first-order chi connectivity index (χ1) is 10.7. The van der Waals surface area contributed by atoms with Crippen LogP contribution in [0.2, 0.25) is 0 Å². The second kappa shape index (κ2) is 6.34. The lowest BCUT2D eigenvalue weighted by molar-refractivity contribution is 0.0730. The van der Waals surface area contributed by atoms with Crippen LogP contribution in [0.5, 0.6) is 0 Å². The smallest absolute Gasteiger partial charge is 0.257 e. The average Bonchev–Trinajstić information content (AvgIpc) is 3.14. The number of nitrogens with zero attached hydrogens (tertiary/aromatic N) is 3. The zero-order valence-electron chi connectivity index (χ0n) is 13.3. The molecule has 2 heterocycles. The Balaban J connectivity index is 1.68. The highest BCUT2D eigenvalue weighted by atomic mass is 16.2. The fraction of sp³-hybridized carbons (Fsp3) is 0.444. The van der Waals surface area contributed by atoms with E-state index in [2.05, 4.69) is 29.4 Å². The van der Waals surface area contributed by atoms with Gasteiger partial charge >= 0.3 is 0 Å². The van der Waals surface area contributed by atoms with Gasteiger partial charge in [0.15, 0.2) is 0 Å². The van der Waals surface area contributed by atoms with Gasteiger partial charge in [-0.1, -0.05) is 30.3 Å². The lowest BCUT2D eigenvalue weighted by atomic mass is 10.0. The van der Waals surface area contributed by atoms with Crippen molar-refractivity contribution in [2.24, 2.45) is 7.05 Å². The molecule has 0 saturated carbocycles. The minimum Gasteiger partial charge on any atom is -0.336 e. The van der Waals surface area contributed by atoms with Crippen molar-refractivity contribution >= 4 is 5.91 Å². The maximum atomic E-state index is 12.8. The van der Waals surface area contributed by atoms with Crippen LogP contribution >= 0.6 is 0 Å². The number of aromatic nitrogens is 2. The Kier molecular flexibility index (Phi) is 4.27. The van der Waals surface area contributed by atoms with Crippen LogP contribution in [0.25, 0.3) is 0 Å². The zero-order chi connectivity index (χ0) is 15.5. The van der Waals surface area contributed by atoms with E-state index in [9.17, 15) is 4.79 Å². The number of carbonyl (C=O) groups is 1. The largest absolute Gasteiger partial charge is 0.336 e. The number of likely N-dealkylation sites (tertiary alicyclic amines) is 1. The summed E-state index contributed by atoms with van der Waals surface area (Å²) >= 11 is 0. The van der Waals surface area contributed by atoms with Gasteiger partial charge in [0, 0.05) is 25.3 Å². The fourth-order valence-corrected chi connectivity index (χ4v) is 3.24. The molecule has 3 rings (SSSR count). The molecule has 1 amide bonds. The normalized spacial score (nSPS) is 17.9. The molecule has 0 aliphatic carbocycles. The third-order valence-electron chi connectivity index (χ3n) is 4.71. The molecular weight excluding hydrogens is 274 g/mol. The van der Waals surface area contributed by atoms with Gasteiger partial charge in [-0.2, -0.15) is 5.10 Å². The Morgan fingerprint density at radius 3 is 2.77 bits per heavy atom. The number of aryl methyl sites for hydroxylation is 2. The summed E-state index contributed by atoms with van der Waals surface area (Å²) in [5.41, 5.74) is 3.03. The lowest BCUT2D eigenvalue weighted by Crippen LogP contribution is -2.36. The molecule has 1 aliphatic rings. The Morgan fingerprint density at radius 1 is 1.32 bits per heavy atom. The Bertz CT molecular complexity index is 648. The molecule has 1 saturated heterocycles. The minimum atomic E-state index is 0.140. The molecule has 0 N–H and O–H groups in total. The number of benzene rings is 1. The van der Waals surface area contributed by atoms with E-state index in [0.29, 0.717) is 6.04 Å². The van der Waals surface area contributed by atoms with Crippen LogP contribution < -0.4 is 0 Å². The zero-order valence-corrected chi connectivity index (χ0v) is 13.3. The molecule has 0 bridgehead atoms. The number of hydrogen-bond acceptors (Lipinski definition) is 2. The first-order valence-corrected chi connectivity index (χ1v) is 8.00. The first kappa shape index (κ1) is 14.8. The highest BCUT2D eigenvalue weighted by molar-refractivity contribution is 5.95. The molecule has 116 valence electrons. The van der Waals surface area contributed by atoms with Crippen LogP contribution in [-0.4, -0.2) is 33.2 Å². The summed E-state index contributed by atoms with van der Waals surface area (Å²) in [7, 11) is 1.88. The third kappa shape index (κ3) is 2.91. The first-order valence-electron chi connectivity index (χ1n) is 8.00. The average molecular weight is 297 g/mol. The van der Waals surface area contributed by atoms with E-state index in [1.54, 1.807) is 10.9 Å². The van der Waals surface area contributed by atoms with Crippen LogP contribution in [-0.2, 0) is 13.5 Å². The molecule has 1 fully saturated rings. The van der Waals surface area contributed by atoms with E-state index in [1.165, 1.54) is 5.56 Å². The number of amides is 1. The second-order valence-electron chi connectivity index (χ2n) is 6.09. The monoisotopic (exact) mass is 297 g/mol. The highest BCUT2D eigenvalue weighted by Gasteiger charge is 2.30. The van der Waals surface area contributed by atoms with Gasteiger partial charge in [-0.25, -0.2) is 0 Å². The van der Waals surface area contributed by atoms with Gasteiger partial charge in [-0.05, 0) is 38.2 Å². The van der Waals surface area contributed by atoms with Crippen molar-refractivity contribution in [3.05, 3.63) is 53.3 Å². The van der Waals surface area contributed by atoms with Gasteiger partial charge in [0.05, 0.1) is 11.8 Å². The molecule has 4 heteroatoms. The Labute approximate surface area is 131 Å². The molecule has 4 nitrogen and oxygen atoms in total. The van der Waals surface area contributed by atoms with Crippen LogP contribution in [0.1, 0.15) is 40.9 Å². The van der Waals surface area contributed by atoms with E-state index in [0.717, 1.165) is 43.5 Å². The van der Waals surface area contributed by atoms with Crippen LogP contribution in [0, 0.1) is 6.92 Å². The summed E-state index contributed by atoms with van der Waals surface area (Å²) in [4.78, 5) is 14.8. The minimum absolute atomic E-state index is 0.140. The summed E-state index contributed by atoms with van der Waals surface area (Å²) in [6.07, 6.45) is 5.98. The summed E-state index contributed by atoms with van der Waals surface area (Å²) in [5, 5.41) is 4.20. The molecule has 2 aromatic rings. The van der Waals surface area contributed by atoms with Crippen molar-refractivity contribution < 1.29 is 4.79 Å². The maximum absolute atomic E-state index is 12.8. The Morgan fingerprint density at radius 2 is 2.09 bits per heavy atom. The predicted octanol–water partition coefficient (Wildman–Crippen LogP) is 2.97. The van der Waals surface area contributed by atoms with E-state index >= 15 is 0 Å². The van der Waals surface area contributed by atoms with E-state index in [1.807, 2.05) is 24.9 Å². The molecule has 0 radical (unpaired) electrons. The standard InChI is InChI=1S/C18H23N3O/c1-14-17(13-19-20(14)2)18(22)21-12-6-9-16(21)11-10-15-7-4-3-5-8-15/h3-5,7-8,13,16H,6,9-12H2,1-2H3/t16-/m1/s1. The van der Waals surface area contributed by atoms with Crippen molar-refractivity contribution in [2.45, 2.75) is 38.6 Å². The van der Waals surface area contributed by atoms with E-state index < -0.39 is 0 Å². The van der Waals surface area contributed by atoms with Gasteiger partial charge in [0.2, 0.25) is 0 Å². The molecule has 22 heavy (non-hydrogen) atoms. The summed E-state index contributed by atoms with van der Waals surface area (Å²) in [5.74, 6) is 0.140. The lowest BCUT2D eigenvalue weighted by Gasteiger charge is -2.24. The van der Waals surface area contributed by atoms with Gasteiger partial charge in [0.1, 0.15) is 0 Å². The molecular formula is C18H23N3O. The summed E-state index contributed by atoms with van der Waals surface area (Å²) in [6, 6.07) is 10.9. The van der Waals surface area contributed by atoms with Crippen molar-refractivity contribution in [3.8, 4) is 0 Å². The number of hydrogen-bond donors (Lipinski definition) is 0. The van der Waals surface area contributed by atoms with E-state index in [4.69, 9.17) is 0 Å².